The third-order valence-corrected chi connectivity index (χ3v) is 3.49. The molecule has 3 rings (SSSR count). The summed E-state index contributed by atoms with van der Waals surface area (Å²) in [6, 6.07) is 8.76. The maximum Gasteiger partial charge on any atom is 0.271 e. The van der Waals surface area contributed by atoms with Gasteiger partial charge in [0.2, 0.25) is 6.79 Å². The van der Waals surface area contributed by atoms with Crippen molar-refractivity contribution < 1.29 is 23.9 Å². The average Bonchev–Trinajstić information content (AvgIpc) is 3.09. The van der Waals surface area contributed by atoms with Crippen LogP contribution in [-0.4, -0.2) is 30.4 Å². The van der Waals surface area contributed by atoms with Crippen molar-refractivity contribution >= 4 is 17.8 Å². The average molecular weight is 357 g/mol. The lowest BCUT2D eigenvalue weighted by Crippen LogP contribution is -2.17. The summed E-state index contributed by atoms with van der Waals surface area (Å²) in [5, 5.41) is 14.7. The number of nitro groups is 1. The number of amides is 1. The topological polar surface area (TPSA) is 112 Å². The maximum atomic E-state index is 12.1. The molecule has 0 spiro atoms. The lowest BCUT2D eigenvalue weighted by atomic mass is 10.2. The lowest BCUT2D eigenvalue weighted by molar-refractivity contribution is -0.384. The molecule has 0 fully saturated rings. The normalized spacial score (nSPS) is 12.2. The minimum Gasteiger partial charge on any atom is -0.493 e. The molecule has 0 unspecified atom stereocenters. The van der Waals surface area contributed by atoms with Gasteiger partial charge in [-0.1, -0.05) is 6.07 Å². The van der Waals surface area contributed by atoms with Crippen LogP contribution in [0.1, 0.15) is 22.8 Å². The molecular weight excluding hydrogens is 342 g/mol. The summed E-state index contributed by atoms with van der Waals surface area (Å²) >= 11 is 0. The van der Waals surface area contributed by atoms with Crippen LogP contribution < -0.4 is 19.6 Å². The Balaban J connectivity index is 1.75. The molecular formula is C17H15N3O6. The molecule has 0 atom stereocenters. The molecule has 9 nitrogen and oxygen atoms in total. The summed E-state index contributed by atoms with van der Waals surface area (Å²) in [6.45, 7) is 2.42. The van der Waals surface area contributed by atoms with Crippen LogP contribution in [0.3, 0.4) is 0 Å². The number of rotatable bonds is 6. The van der Waals surface area contributed by atoms with Crippen LogP contribution >= 0.6 is 0 Å². The van der Waals surface area contributed by atoms with Crippen LogP contribution in [0.2, 0.25) is 0 Å². The van der Waals surface area contributed by atoms with Crippen molar-refractivity contribution in [2.75, 3.05) is 13.4 Å². The fourth-order valence-electron chi connectivity index (χ4n) is 2.31. The number of hydrazone groups is 1. The summed E-state index contributed by atoms with van der Waals surface area (Å²) < 4.78 is 16.1. The highest BCUT2D eigenvalue weighted by Crippen LogP contribution is 2.37. The van der Waals surface area contributed by atoms with Gasteiger partial charge in [0, 0.05) is 29.3 Å². The van der Waals surface area contributed by atoms with E-state index in [1.807, 2.05) is 6.92 Å². The summed E-state index contributed by atoms with van der Waals surface area (Å²) in [6.07, 6.45) is 1.40. The van der Waals surface area contributed by atoms with Crippen molar-refractivity contribution in [1.82, 2.24) is 5.43 Å². The predicted molar refractivity (Wildman–Crippen MR) is 91.9 cm³/mol. The minimum absolute atomic E-state index is 0.130. The Labute approximate surface area is 148 Å². The van der Waals surface area contributed by atoms with E-state index in [0.29, 0.717) is 29.4 Å². The third-order valence-electron chi connectivity index (χ3n) is 3.49. The standard InChI is InChI=1S/C17H15N3O6/c1-2-24-14-8-16-15(25-10-26-16)7-12(14)9-18-19-17(21)11-4-3-5-13(6-11)20(22)23/h3-9H,2,10H2,1H3,(H,19,21)/b18-9+. The van der Waals surface area contributed by atoms with Gasteiger partial charge in [0.25, 0.3) is 11.6 Å². The van der Waals surface area contributed by atoms with Crippen molar-refractivity contribution in [3.05, 3.63) is 57.6 Å². The first-order valence-electron chi connectivity index (χ1n) is 7.72. The molecule has 2 aromatic carbocycles. The van der Waals surface area contributed by atoms with Crippen molar-refractivity contribution in [2.45, 2.75) is 6.92 Å². The minimum atomic E-state index is -0.568. The first-order chi connectivity index (χ1) is 12.6. The van der Waals surface area contributed by atoms with Gasteiger partial charge in [-0.15, -0.1) is 0 Å². The monoisotopic (exact) mass is 357 g/mol. The van der Waals surface area contributed by atoms with E-state index in [9.17, 15) is 14.9 Å². The van der Waals surface area contributed by atoms with E-state index in [4.69, 9.17) is 14.2 Å². The zero-order valence-corrected chi connectivity index (χ0v) is 13.8. The van der Waals surface area contributed by atoms with Crippen LogP contribution in [-0.2, 0) is 0 Å². The summed E-state index contributed by atoms with van der Waals surface area (Å²) in [5.41, 5.74) is 2.89. The molecule has 0 saturated heterocycles. The number of nitro benzene ring substituents is 1. The van der Waals surface area contributed by atoms with Gasteiger partial charge in [-0.05, 0) is 19.1 Å². The summed E-state index contributed by atoms with van der Waals surface area (Å²) in [4.78, 5) is 22.3. The highest BCUT2D eigenvalue weighted by Gasteiger charge is 2.17. The summed E-state index contributed by atoms with van der Waals surface area (Å²) in [5.74, 6) is 1.10. The van der Waals surface area contributed by atoms with E-state index < -0.39 is 10.8 Å². The Bertz CT molecular complexity index is 881. The molecule has 0 aliphatic carbocycles. The van der Waals surface area contributed by atoms with Gasteiger partial charge in [-0.3, -0.25) is 14.9 Å². The molecule has 1 N–H and O–H groups in total. The molecule has 0 saturated carbocycles. The van der Waals surface area contributed by atoms with E-state index in [1.54, 1.807) is 12.1 Å². The van der Waals surface area contributed by atoms with Crippen molar-refractivity contribution in [1.29, 1.82) is 0 Å². The first-order valence-corrected chi connectivity index (χ1v) is 7.72. The zero-order chi connectivity index (χ0) is 18.5. The van der Waals surface area contributed by atoms with Crippen molar-refractivity contribution in [2.24, 2.45) is 5.10 Å². The van der Waals surface area contributed by atoms with Gasteiger partial charge in [0.1, 0.15) is 5.75 Å². The van der Waals surface area contributed by atoms with Crippen LogP contribution in [0.25, 0.3) is 0 Å². The smallest absolute Gasteiger partial charge is 0.271 e. The van der Waals surface area contributed by atoms with Crippen LogP contribution in [0, 0.1) is 10.1 Å². The molecule has 26 heavy (non-hydrogen) atoms. The number of benzene rings is 2. The molecule has 0 radical (unpaired) electrons. The number of hydrogen-bond donors (Lipinski definition) is 1. The number of carbonyl (C=O) groups is 1. The van der Waals surface area contributed by atoms with E-state index in [1.165, 1.54) is 30.5 Å². The van der Waals surface area contributed by atoms with Crippen molar-refractivity contribution in [3.8, 4) is 17.2 Å². The Morgan fingerprint density at radius 3 is 2.85 bits per heavy atom. The number of non-ortho nitro benzene ring substituents is 1. The third kappa shape index (κ3) is 3.72. The first kappa shape index (κ1) is 17.2. The second-order valence-electron chi connectivity index (χ2n) is 5.18. The number of carbonyl (C=O) groups excluding carboxylic acids is 1. The maximum absolute atomic E-state index is 12.1. The Kier molecular flexibility index (Phi) is 4.97. The van der Waals surface area contributed by atoms with E-state index in [0.717, 1.165) is 0 Å². The van der Waals surface area contributed by atoms with Gasteiger partial charge in [-0.2, -0.15) is 5.10 Å². The van der Waals surface area contributed by atoms with Gasteiger partial charge in [0.05, 0.1) is 17.7 Å². The lowest BCUT2D eigenvalue weighted by Gasteiger charge is -2.08. The zero-order valence-electron chi connectivity index (χ0n) is 13.8. The SMILES string of the molecule is CCOc1cc2c(cc1/C=N/NC(=O)c1cccc([N+](=O)[O-])c1)OCO2. The summed E-state index contributed by atoms with van der Waals surface area (Å²) in [7, 11) is 0. The fraction of sp³-hybridized carbons (Fsp3) is 0.176. The van der Waals surface area contributed by atoms with Gasteiger partial charge in [-0.25, -0.2) is 5.43 Å². The van der Waals surface area contributed by atoms with E-state index in [2.05, 4.69) is 10.5 Å². The van der Waals surface area contributed by atoms with Crippen LogP contribution in [0.4, 0.5) is 5.69 Å². The second kappa shape index (κ2) is 7.51. The number of fused-ring (bicyclic) bond motifs is 1. The quantitative estimate of drug-likeness (QED) is 0.483. The Hall–Kier alpha value is -3.62. The molecule has 0 aromatic heterocycles. The Morgan fingerprint density at radius 2 is 2.12 bits per heavy atom. The predicted octanol–water partition coefficient (Wildman–Crippen LogP) is 2.49. The molecule has 1 amide bonds. The van der Waals surface area contributed by atoms with Gasteiger partial charge >= 0.3 is 0 Å². The number of nitrogens with zero attached hydrogens (tertiary/aromatic N) is 2. The van der Waals surface area contributed by atoms with E-state index >= 15 is 0 Å². The Morgan fingerprint density at radius 1 is 1.35 bits per heavy atom. The van der Waals surface area contributed by atoms with Gasteiger partial charge < -0.3 is 14.2 Å². The van der Waals surface area contributed by atoms with Crippen LogP contribution in [0.5, 0.6) is 17.2 Å². The second-order valence-corrected chi connectivity index (χ2v) is 5.18. The van der Waals surface area contributed by atoms with Gasteiger partial charge in [0.15, 0.2) is 11.5 Å². The molecule has 1 aliphatic rings. The highest BCUT2D eigenvalue weighted by molar-refractivity contribution is 5.95. The molecule has 1 heterocycles. The van der Waals surface area contributed by atoms with Crippen molar-refractivity contribution in [3.63, 3.8) is 0 Å². The van der Waals surface area contributed by atoms with Crippen LogP contribution in [0.15, 0.2) is 41.5 Å². The molecule has 2 aromatic rings. The number of hydrogen-bond acceptors (Lipinski definition) is 7. The number of nitrogens with one attached hydrogen (secondary N) is 1. The molecule has 134 valence electrons. The fourth-order valence-corrected chi connectivity index (χ4v) is 2.31. The number of ether oxygens (including phenoxy) is 3. The highest BCUT2D eigenvalue weighted by atomic mass is 16.7. The molecule has 9 heteroatoms. The molecule has 0 bridgehead atoms. The largest absolute Gasteiger partial charge is 0.493 e. The molecule has 1 aliphatic heterocycles. The van der Waals surface area contributed by atoms with E-state index in [-0.39, 0.29) is 18.0 Å².